The average Bonchev–Trinajstić information content (AvgIpc) is 2.52. The van der Waals surface area contributed by atoms with E-state index in [9.17, 15) is 9.59 Å². The minimum Gasteiger partial charge on any atom is -0.486 e. The monoisotopic (exact) mass is 409 g/mol. The van der Waals surface area contributed by atoms with E-state index in [4.69, 9.17) is 33.0 Å². The van der Waals surface area contributed by atoms with Crippen molar-refractivity contribution in [2.24, 2.45) is 5.92 Å². The van der Waals surface area contributed by atoms with Crippen LogP contribution in [0, 0.1) is 12.8 Å². The van der Waals surface area contributed by atoms with Crippen molar-refractivity contribution in [1.29, 1.82) is 0 Å². The minimum absolute atomic E-state index is 0.0624. The van der Waals surface area contributed by atoms with Gasteiger partial charge in [-0.1, -0.05) is 43.1 Å². The molecular weight excluding hydrogens is 389 g/mol. The number of carbonyl (C=O) groups is 2. The minimum atomic E-state index is -0.966. The molecule has 2 N–H and O–H groups in total. The molecule has 2 rings (SSSR count). The van der Waals surface area contributed by atoms with Gasteiger partial charge < -0.3 is 15.2 Å². The van der Waals surface area contributed by atoms with Crippen LogP contribution in [0.15, 0.2) is 30.3 Å². The molecule has 0 bridgehead atoms. The molecule has 144 valence electrons. The van der Waals surface area contributed by atoms with Gasteiger partial charge in [0.15, 0.2) is 5.75 Å². The van der Waals surface area contributed by atoms with Crippen molar-refractivity contribution in [3.8, 4) is 5.75 Å². The van der Waals surface area contributed by atoms with E-state index >= 15 is 0 Å². The van der Waals surface area contributed by atoms with E-state index in [0.29, 0.717) is 17.0 Å². The fourth-order valence-electron chi connectivity index (χ4n) is 2.49. The van der Waals surface area contributed by atoms with Gasteiger partial charge in [0.2, 0.25) is 5.91 Å². The summed E-state index contributed by atoms with van der Waals surface area (Å²) >= 11 is 12.4. The molecule has 0 atom stereocenters. The molecule has 7 heteroatoms. The van der Waals surface area contributed by atoms with Crippen LogP contribution >= 0.6 is 23.2 Å². The molecule has 27 heavy (non-hydrogen) atoms. The van der Waals surface area contributed by atoms with E-state index in [1.807, 2.05) is 39.0 Å². The number of amides is 1. The standard InChI is InChI=1S/C20H21Cl2NO4/c1-11(2)20(26)23-15-5-12(3)4-14(6-15)10-27-19-16(21)7-13(8-17(19)22)9-18(24)25/h4-8,11H,9-10H2,1-3H3,(H,23,26)(H,24,25). The maximum Gasteiger partial charge on any atom is 0.307 e. The lowest BCUT2D eigenvalue weighted by Gasteiger charge is -2.14. The van der Waals surface area contributed by atoms with Gasteiger partial charge in [0.05, 0.1) is 16.5 Å². The van der Waals surface area contributed by atoms with Gasteiger partial charge in [-0.2, -0.15) is 0 Å². The Balaban J connectivity index is 2.15. The molecule has 1 amide bonds. The Morgan fingerprint density at radius 1 is 1.07 bits per heavy atom. The largest absolute Gasteiger partial charge is 0.486 e. The number of halogens is 2. The molecule has 0 heterocycles. The van der Waals surface area contributed by atoms with Crippen LogP contribution in [-0.2, 0) is 22.6 Å². The van der Waals surface area contributed by atoms with Gasteiger partial charge in [-0.3, -0.25) is 9.59 Å². The molecule has 2 aromatic carbocycles. The predicted molar refractivity (Wildman–Crippen MR) is 107 cm³/mol. The summed E-state index contributed by atoms with van der Waals surface area (Å²) in [6.07, 6.45) is -0.170. The number of nitrogens with one attached hydrogen (secondary N) is 1. The number of carbonyl (C=O) groups excluding carboxylic acids is 1. The van der Waals surface area contributed by atoms with Crippen LogP contribution < -0.4 is 10.1 Å². The van der Waals surface area contributed by atoms with Gasteiger partial charge in [-0.25, -0.2) is 0 Å². The smallest absolute Gasteiger partial charge is 0.307 e. The lowest BCUT2D eigenvalue weighted by molar-refractivity contribution is -0.136. The van der Waals surface area contributed by atoms with Crippen LogP contribution in [0.2, 0.25) is 10.0 Å². The van der Waals surface area contributed by atoms with E-state index in [-0.39, 0.29) is 34.9 Å². The SMILES string of the molecule is Cc1cc(COc2c(Cl)cc(CC(=O)O)cc2Cl)cc(NC(=O)C(C)C)c1. The first-order chi connectivity index (χ1) is 12.7. The van der Waals surface area contributed by atoms with Gasteiger partial charge in [0.25, 0.3) is 0 Å². The fourth-order valence-corrected chi connectivity index (χ4v) is 3.13. The zero-order valence-corrected chi connectivity index (χ0v) is 16.8. The second-order valence-corrected chi connectivity index (χ2v) is 7.41. The summed E-state index contributed by atoms with van der Waals surface area (Å²) in [6.45, 7) is 5.78. The van der Waals surface area contributed by atoms with Crippen LogP contribution in [-0.4, -0.2) is 17.0 Å². The third kappa shape index (κ3) is 6.15. The highest BCUT2D eigenvalue weighted by molar-refractivity contribution is 6.37. The van der Waals surface area contributed by atoms with Gasteiger partial charge >= 0.3 is 5.97 Å². The summed E-state index contributed by atoms with van der Waals surface area (Å²) in [6, 6.07) is 8.70. The third-order valence-corrected chi connectivity index (χ3v) is 4.29. The number of hydrogen-bond donors (Lipinski definition) is 2. The Morgan fingerprint density at radius 3 is 2.26 bits per heavy atom. The molecule has 0 saturated heterocycles. The van der Waals surface area contributed by atoms with Crippen molar-refractivity contribution in [2.75, 3.05) is 5.32 Å². The molecule has 0 radical (unpaired) electrons. The number of rotatable bonds is 7. The summed E-state index contributed by atoms with van der Waals surface area (Å²) in [4.78, 5) is 22.7. The maximum atomic E-state index is 11.9. The van der Waals surface area contributed by atoms with Crippen molar-refractivity contribution in [3.05, 3.63) is 57.1 Å². The molecule has 0 aliphatic rings. The molecule has 2 aromatic rings. The Kier molecular flexibility index (Phi) is 7.11. The Hall–Kier alpha value is -2.24. The first-order valence-corrected chi connectivity index (χ1v) is 9.15. The topological polar surface area (TPSA) is 75.6 Å². The van der Waals surface area contributed by atoms with Crippen LogP contribution in [0.5, 0.6) is 5.75 Å². The molecule has 0 saturated carbocycles. The highest BCUT2D eigenvalue weighted by Gasteiger charge is 2.13. The highest BCUT2D eigenvalue weighted by atomic mass is 35.5. The number of benzene rings is 2. The summed E-state index contributed by atoms with van der Waals surface area (Å²) in [5, 5.41) is 12.2. The van der Waals surface area contributed by atoms with Crippen LogP contribution in [0.3, 0.4) is 0 Å². The van der Waals surface area contributed by atoms with Crippen LogP contribution in [0.25, 0.3) is 0 Å². The molecule has 0 fully saturated rings. The van der Waals surface area contributed by atoms with Crippen molar-refractivity contribution >= 4 is 40.8 Å². The molecule has 0 unspecified atom stereocenters. The van der Waals surface area contributed by atoms with Crippen LogP contribution in [0.4, 0.5) is 5.69 Å². The normalized spacial score (nSPS) is 10.7. The third-order valence-electron chi connectivity index (χ3n) is 3.73. The van der Waals surface area contributed by atoms with Gasteiger partial charge in [0, 0.05) is 11.6 Å². The molecule has 0 aliphatic carbocycles. The zero-order chi connectivity index (χ0) is 20.1. The Labute approximate surface area is 168 Å². The van der Waals surface area contributed by atoms with Crippen molar-refractivity contribution in [3.63, 3.8) is 0 Å². The van der Waals surface area contributed by atoms with E-state index in [2.05, 4.69) is 5.32 Å². The van der Waals surface area contributed by atoms with E-state index in [1.54, 1.807) is 0 Å². The molecule has 0 spiro atoms. The van der Waals surface area contributed by atoms with Crippen molar-refractivity contribution in [2.45, 2.75) is 33.8 Å². The number of carboxylic acids is 1. The Bertz CT molecular complexity index is 842. The second-order valence-electron chi connectivity index (χ2n) is 6.60. The molecule has 5 nitrogen and oxygen atoms in total. The number of hydrogen-bond acceptors (Lipinski definition) is 3. The average molecular weight is 410 g/mol. The summed E-state index contributed by atoms with van der Waals surface area (Å²) in [7, 11) is 0. The Morgan fingerprint density at radius 2 is 1.70 bits per heavy atom. The van der Waals surface area contributed by atoms with Crippen LogP contribution in [0.1, 0.15) is 30.5 Å². The van der Waals surface area contributed by atoms with Gasteiger partial charge in [0.1, 0.15) is 6.61 Å². The predicted octanol–water partition coefficient (Wildman–Crippen LogP) is 5.10. The number of aliphatic carboxylic acids is 1. The fraction of sp³-hybridized carbons (Fsp3) is 0.300. The lowest BCUT2D eigenvalue weighted by Crippen LogP contribution is -2.18. The number of anilines is 1. The quantitative estimate of drug-likeness (QED) is 0.666. The zero-order valence-electron chi connectivity index (χ0n) is 15.3. The van der Waals surface area contributed by atoms with Crippen molar-refractivity contribution in [1.82, 2.24) is 0 Å². The van der Waals surface area contributed by atoms with Crippen molar-refractivity contribution < 1.29 is 19.4 Å². The highest BCUT2D eigenvalue weighted by Crippen LogP contribution is 2.35. The van der Waals surface area contributed by atoms with E-state index in [0.717, 1.165) is 11.1 Å². The van der Waals surface area contributed by atoms with Gasteiger partial charge in [-0.15, -0.1) is 0 Å². The molecule has 0 aliphatic heterocycles. The maximum absolute atomic E-state index is 11.9. The number of aryl methyl sites for hydroxylation is 1. The summed E-state index contributed by atoms with van der Waals surface area (Å²) in [5.41, 5.74) is 3.01. The second kappa shape index (κ2) is 9.11. The summed E-state index contributed by atoms with van der Waals surface area (Å²) < 4.78 is 5.75. The number of ether oxygens (including phenoxy) is 1. The lowest BCUT2D eigenvalue weighted by atomic mass is 10.1. The first kappa shape index (κ1) is 21.1. The summed E-state index contributed by atoms with van der Waals surface area (Å²) in [5.74, 6) is -0.854. The molecule has 0 aromatic heterocycles. The van der Waals surface area contributed by atoms with E-state index in [1.165, 1.54) is 12.1 Å². The van der Waals surface area contributed by atoms with E-state index < -0.39 is 5.97 Å². The molecular formula is C20H21Cl2NO4. The number of carboxylic acid groups (broad SMARTS) is 1. The first-order valence-electron chi connectivity index (χ1n) is 8.39. The van der Waals surface area contributed by atoms with Gasteiger partial charge in [-0.05, 0) is 47.9 Å².